The van der Waals surface area contributed by atoms with Crippen LogP contribution in [0, 0.1) is 5.92 Å². The molecule has 2 amide bonds. The van der Waals surface area contributed by atoms with Crippen molar-refractivity contribution in [1.82, 2.24) is 4.90 Å². The summed E-state index contributed by atoms with van der Waals surface area (Å²) in [5.74, 6) is 0.170. The van der Waals surface area contributed by atoms with Gasteiger partial charge in [-0.15, -0.1) is 0 Å². The van der Waals surface area contributed by atoms with Crippen LogP contribution in [0.15, 0.2) is 53.4 Å². The van der Waals surface area contributed by atoms with Gasteiger partial charge in [-0.2, -0.15) is 0 Å². The van der Waals surface area contributed by atoms with Crippen LogP contribution < -0.4 is 15.2 Å². The second-order valence-electron chi connectivity index (χ2n) is 6.86. The van der Waals surface area contributed by atoms with Gasteiger partial charge in [0.15, 0.2) is 0 Å². The minimum absolute atomic E-state index is 0.0140. The van der Waals surface area contributed by atoms with Crippen molar-refractivity contribution < 1.29 is 22.7 Å². The van der Waals surface area contributed by atoms with Gasteiger partial charge in [-0.05, 0) is 55.3 Å². The highest BCUT2D eigenvalue weighted by atomic mass is 32.2. The summed E-state index contributed by atoms with van der Waals surface area (Å²) in [7, 11) is -2.22. The molecule has 0 radical (unpaired) electrons. The van der Waals surface area contributed by atoms with Gasteiger partial charge in [0.05, 0.1) is 12.0 Å². The number of methoxy groups -OCH3 is 1. The lowest BCUT2D eigenvalue weighted by Crippen LogP contribution is -2.41. The first-order valence-corrected chi connectivity index (χ1v) is 10.7. The number of primary sulfonamides is 1. The molecule has 9 heteroatoms. The van der Waals surface area contributed by atoms with Crippen LogP contribution in [0.2, 0.25) is 0 Å². The van der Waals surface area contributed by atoms with Crippen LogP contribution in [0.5, 0.6) is 5.75 Å². The van der Waals surface area contributed by atoms with Crippen molar-refractivity contribution in [3.8, 4) is 5.75 Å². The molecule has 29 heavy (non-hydrogen) atoms. The minimum atomic E-state index is -3.77. The molecule has 0 aliphatic carbocycles. The van der Waals surface area contributed by atoms with Gasteiger partial charge in [-0.1, -0.05) is 6.07 Å². The number of ether oxygens (including phenoxy) is 1. The molecule has 0 spiro atoms. The van der Waals surface area contributed by atoms with E-state index in [4.69, 9.17) is 9.88 Å². The third-order valence-corrected chi connectivity index (χ3v) is 5.85. The number of nitrogens with zero attached hydrogens (tertiary/aromatic N) is 1. The molecule has 2 aromatic rings. The average Bonchev–Trinajstić information content (AvgIpc) is 2.73. The number of sulfonamides is 1. The Labute approximate surface area is 169 Å². The Bertz CT molecular complexity index is 997. The van der Waals surface area contributed by atoms with E-state index in [1.54, 1.807) is 36.3 Å². The Morgan fingerprint density at radius 3 is 2.34 bits per heavy atom. The van der Waals surface area contributed by atoms with E-state index >= 15 is 0 Å². The topological polar surface area (TPSA) is 119 Å². The Kier molecular flexibility index (Phi) is 6.19. The predicted octanol–water partition coefficient (Wildman–Crippen LogP) is 1.83. The first kappa shape index (κ1) is 20.8. The molecule has 0 bridgehead atoms. The number of piperidine rings is 1. The predicted molar refractivity (Wildman–Crippen MR) is 108 cm³/mol. The van der Waals surface area contributed by atoms with Gasteiger partial charge >= 0.3 is 0 Å². The summed E-state index contributed by atoms with van der Waals surface area (Å²) in [4.78, 5) is 26.9. The van der Waals surface area contributed by atoms with Crippen LogP contribution >= 0.6 is 0 Å². The summed E-state index contributed by atoms with van der Waals surface area (Å²) in [5.41, 5.74) is 1.06. The number of likely N-dealkylation sites (tertiary alicyclic amines) is 1. The van der Waals surface area contributed by atoms with Crippen molar-refractivity contribution in [1.29, 1.82) is 0 Å². The fraction of sp³-hybridized carbons (Fsp3) is 0.300. The van der Waals surface area contributed by atoms with E-state index < -0.39 is 10.0 Å². The van der Waals surface area contributed by atoms with Gasteiger partial charge in [-0.25, -0.2) is 13.6 Å². The van der Waals surface area contributed by atoms with Gasteiger partial charge in [0.25, 0.3) is 5.91 Å². The molecule has 8 nitrogen and oxygen atoms in total. The highest BCUT2D eigenvalue weighted by Gasteiger charge is 2.28. The molecular formula is C20H23N3O5S. The molecule has 1 aliphatic rings. The average molecular weight is 417 g/mol. The second kappa shape index (κ2) is 8.62. The number of nitrogens with one attached hydrogen (secondary N) is 1. The second-order valence-corrected chi connectivity index (χ2v) is 8.42. The molecule has 1 heterocycles. The first-order chi connectivity index (χ1) is 13.8. The molecule has 1 saturated heterocycles. The van der Waals surface area contributed by atoms with Gasteiger partial charge < -0.3 is 15.0 Å². The summed E-state index contributed by atoms with van der Waals surface area (Å²) in [6.45, 7) is 0.969. The fourth-order valence-electron chi connectivity index (χ4n) is 3.26. The number of nitrogens with two attached hydrogens (primary N) is 1. The van der Waals surface area contributed by atoms with Crippen LogP contribution in [0.3, 0.4) is 0 Å². The SMILES string of the molecule is COc1cccc(C(=O)N2CCC(C(=O)Nc3ccc(S(N)(=O)=O)cc3)CC2)c1. The fourth-order valence-corrected chi connectivity index (χ4v) is 3.77. The van der Waals surface area contributed by atoms with Crippen LogP contribution in [0.1, 0.15) is 23.2 Å². The number of amides is 2. The van der Waals surface area contributed by atoms with Crippen molar-refractivity contribution in [2.75, 3.05) is 25.5 Å². The molecule has 0 unspecified atom stereocenters. The van der Waals surface area contributed by atoms with E-state index in [0.29, 0.717) is 42.9 Å². The number of carbonyl (C=O) groups excluding carboxylic acids is 2. The molecule has 0 atom stereocenters. The Morgan fingerprint density at radius 2 is 1.76 bits per heavy atom. The van der Waals surface area contributed by atoms with E-state index in [1.807, 2.05) is 0 Å². The molecule has 3 N–H and O–H groups in total. The number of benzene rings is 2. The molecule has 1 fully saturated rings. The maximum atomic E-state index is 12.7. The maximum Gasteiger partial charge on any atom is 0.253 e. The van der Waals surface area contributed by atoms with Crippen LogP contribution in [-0.4, -0.2) is 45.3 Å². The Balaban J connectivity index is 1.56. The summed E-state index contributed by atoms with van der Waals surface area (Å²) in [6.07, 6.45) is 1.10. The number of rotatable bonds is 5. The van der Waals surface area contributed by atoms with Gasteiger partial charge in [0, 0.05) is 30.3 Å². The third kappa shape index (κ3) is 5.12. The first-order valence-electron chi connectivity index (χ1n) is 9.15. The Morgan fingerprint density at radius 1 is 1.10 bits per heavy atom. The molecule has 1 aliphatic heterocycles. The lowest BCUT2D eigenvalue weighted by atomic mass is 9.95. The zero-order valence-electron chi connectivity index (χ0n) is 16.0. The largest absolute Gasteiger partial charge is 0.497 e. The van der Waals surface area contributed by atoms with Crippen molar-refractivity contribution in [3.05, 3.63) is 54.1 Å². The van der Waals surface area contributed by atoms with E-state index in [2.05, 4.69) is 5.32 Å². The van der Waals surface area contributed by atoms with E-state index in [-0.39, 0.29) is 22.6 Å². The summed E-state index contributed by atoms with van der Waals surface area (Å²) in [5, 5.41) is 7.85. The quantitative estimate of drug-likeness (QED) is 0.769. The molecule has 2 aromatic carbocycles. The normalized spacial score (nSPS) is 15.0. The summed E-state index contributed by atoms with van der Waals surface area (Å²) < 4.78 is 27.7. The third-order valence-electron chi connectivity index (χ3n) is 4.92. The van der Waals surface area contributed by atoms with Crippen molar-refractivity contribution >= 4 is 27.5 Å². The van der Waals surface area contributed by atoms with Gasteiger partial charge in [0.2, 0.25) is 15.9 Å². The lowest BCUT2D eigenvalue weighted by Gasteiger charge is -2.31. The number of anilines is 1. The number of hydrogen-bond donors (Lipinski definition) is 2. The number of hydrogen-bond acceptors (Lipinski definition) is 5. The zero-order chi connectivity index (χ0) is 21.0. The van der Waals surface area contributed by atoms with Crippen LogP contribution in [0.4, 0.5) is 5.69 Å². The summed E-state index contributed by atoms with van der Waals surface area (Å²) >= 11 is 0. The lowest BCUT2D eigenvalue weighted by molar-refractivity contribution is -0.121. The van der Waals surface area contributed by atoms with Crippen molar-refractivity contribution in [3.63, 3.8) is 0 Å². The van der Waals surface area contributed by atoms with Crippen molar-refractivity contribution in [2.24, 2.45) is 11.1 Å². The highest BCUT2D eigenvalue weighted by molar-refractivity contribution is 7.89. The monoisotopic (exact) mass is 417 g/mol. The molecule has 0 aromatic heterocycles. The van der Waals surface area contributed by atoms with Crippen LogP contribution in [0.25, 0.3) is 0 Å². The highest BCUT2D eigenvalue weighted by Crippen LogP contribution is 2.22. The molecule has 0 saturated carbocycles. The zero-order valence-corrected chi connectivity index (χ0v) is 16.8. The standard InChI is InChI=1S/C20H23N3O5S/c1-28-17-4-2-3-15(13-17)20(25)23-11-9-14(10-12-23)19(24)22-16-5-7-18(8-6-16)29(21,26)27/h2-8,13-14H,9-12H2,1H3,(H,22,24)(H2,21,26,27). The van der Waals surface area contributed by atoms with E-state index in [9.17, 15) is 18.0 Å². The van der Waals surface area contributed by atoms with Crippen molar-refractivity contribution in [2.45, 2.75) is 17.7 Å². The summed E-state index contributed by atoms with van der Waals surface area (Å²) in [6, 6.07) is 12.7. The molecule has 154 valence electrons. The van der Waals surface area contributed by atoms with Crippen LogP contribution in [-0.2, 0) is 14.8 Å². The van der Waals surface area contributed by atoms with E-state index in [0.717, 1.165) is 0 Å². The smallest absolute Gasteiger partial charge is 0.253 e. The molecular weight excluding hydrogens is 394 g/mol. The van der Waals surface area contributed by atoms with Gasteiger partial charge in [-0.3, -0.25) is 9.59 Å². The van der Waals surface area contributed by atoms with E-state index in [1.165, 1.54) is 24.3 Å². The Hall–Kier alpha value is -2.91. The maximum absolute atomic E-state index is 12.7. The van der Waals surface area contributed by atoms with Gasteiger partial charge in [0.1, 0.15) is 5.75 Å². The molecule has 3 rings (SSSR count). The minimum Gasteiger partial charge on any atom is -0.497 e. The number of carbonyl (C=O) groups is 2.